The number of rotatable bonds is 7. The van der Waals surface area contributed by atoms with E-state index < -0.39 is 0 Å². The van der Waals surface area contributed by atoms with Crippen LogP contribution < -0.4 is 21.1 Å². The maximum Gasteiger partial charge on any atom is 0.319 e. The smallest absolute Gasteiger partial charge is 0.319 e. The van der Waals surface area contributed by atoms with Gasteiger partial charge in [0.25, 0.3) is 0 Å². The van der Waals surface area contributed by atoms with Crippen LogP contribution in [0.15, 0.2) is 47.5 Å². The summed E-state index contributed by atoms with van der Waals surface area (Å²) in [5.41, 5.74) is 10.8. The van der Waals surface area contributed by atoms with E-state index in [0.717, 1.165) is 59.2 Å². The summed E-state index contributed by atoms with van der Waals surface area (Å²) in [6, 6.07) is 14.1. The first-order valence-corrected chi connectivity index (χ1v) is 12.8. The van der Waals surface area contributed by atoms with Crippen molar-refractivity contribution in [3.8, 4) is 17.0 Å². The Balaban J connectivity index is 1.59. The number of nitrogens with two attached hydrogens (primary N) is 1. The normalized spacial score (nSPS) is 16.3. The SMILES string of the molecule is CCOc1ccc2c(C(N)=NC(C)=O)c(-c3ccc(NC(=O)NC4CCC4)cc3)n(C3CCC3)c2c1. The largest absolute Gasteiger partial charge is 0.494 e. The Bertz CT molecular complexity index is 1320. The number of nitrogens with zero attached hydrogens (tertiary/aromatic N) is 2. The molecule has 1 heterocycles. The number of aromatic nitrogens is 1. The standard InChI is InChI=1S/C28H33N5O3/c1-3-36-22-14-15-23-24(16-22)33(21-8-5-9-21)26(25(23)27(29)30-17(2)34)18-10-12-20(13-11-18)32-28(35)31-19-6-4-7-19/h10-16,19,21H,3-9H2,1-2H3,(H2,29,30,34)(H2,31,32,35). The Morgan fingerprint density at radius 1 is 1.08 bits per heavy atom. The fourth-order valence-electron chi connectivity index (χ4n) is 4.96. The highest BCUT2D eigenvalue weighted by Gasteiger charge is 2.29. The molecule has 2 aliphatic rings. The molecule has 0 aliphatic heterocycles. The molecule has 2 saturated carbocycles. The average molecular weight is 488 g/mol. The second kappa shape index (κ2) is 10.0. The summed E-state index contributed by atoms with van der Waals surface area (Å²) in [6.07, 6.45) is 6.54. The molecular weight excluding hydrogens is 454 g/mol. The van der Waals surface area contributed by atoms with Gasteiger partial charge in [0.2, 0.25) is 5.91 Å². The van der Waals surface area contributed by atoms with E-state index in [-0.39, 0.29) is 23.8 Å². The Morgan fingerprint density at radius 2 is 1.81 bits per heavy atom. The summed E-state index contributed by atoms with van der Waals surface area (Å²) in [5.74, 6) is 0.651. The van der Waals surface area contributed by atoms with Crippen LogP contribution in [0.4, 0.5) is 10.5 Å². The lowest BCUT2D eigenvalue weighted by atomic mass is 9.92. The van der Waals surface area contributed by atoms with Crippen molar-refractivity contribution in [2.75, 3.05) is 11.9 Å². The minimum absolute atomic E-state index is 0.182. The molecule has 0 unspecified atom stereocenters. The second-order valence-electron chi connectivity index (χ2n) is 9.61. The van der Waals surface area contributed by atoms with Crippen LogP contribution in [-0.2, 0) is 4.79 Å². The fraction of sp³-hybridized carbons (Fsp3) is 0.393. The summed E-state index contributed by atoms with van der Waals surface area (Å²) in [7, 11) is 0. The zero-order chi connectivity index (χ0) is 25.2. The highest BCUT2D eigenvalue weighted by molar-refractivity contribution is 6.17. The van der Waals surface area contributed by atoms with Crippen molar-refractivity contribution in [3.63, 3.8) is 0 Å². The number of hydrogen-bond acceptors (Lipinski definition) is 3. The molecule has 0 atom stereocenters. The monoisotopic (exact) mass is 487 g/mol. The summed E-state index contributed by atoms with van der Waals surface area (Å²) >= 11 is 0. The molecule has 3 amide bonds. The van der Waals surface area contributed by atoms with Crippen molar-refractivity contribution >= 4 is 34.4 Å². The number of amidine groups is 1. The van der Waals surface area contributed by atoms with Crippen LogP contribution in [0.1, 0.15) is 64.0 Å². The number of amides is 3. The number of anilines is 1. The van der Waals surface area contributed by atoms with Crippen LogP contribution in [0.2, 0.25) is 0 Å². The Hall–Kier alpha value is -3.81. The molecule has 3 aromatic rings. The molecule has 5 rings (SSSR count). The summed E-state index contributed by atoms with van der Waals surface area (Å²) < 4.78 is 8.12. The minimum atomic E-state index is -0.342. The number of hydrogen-bond donors (Lipinski definition) is 3. The number of fused-ring (bicyclic) bond motifs is 1. The zero-order valence-electron chi connectivity index (χ0n) is 20.8. The molecule has 0 saturated heterocycles. The van der Waals surface area contributed by atoms with Crippen molar-refractivity contribution in [2.45, 2.75) is 64.5 Å². The third-order valence-corrected chi connectivity index (χ3v) is 7.12. The van der Waals surface area contributed by atoms with Gasteiger partial charge in [-0.05, 0) is 75.3 Å². The average Bonchev–Trinajstić information content (AvgIpc) is 3.10. The van der Waals surface area contributed by atoms with Crippen LogP contribution in [0.5, 0.6) is 5.75 Å². The minimum Gasteiger partial charge on any atom is -0.494 e. The number of ether oxygens (including phenoxy) is 1. The highest BCUT2D eigenvalue weighted by Crippen LogP contribution is 2.43. The zero-order valence-corrected chi connectivity index (χ0v) is 20.8. The van der Waals surface area contributed by atoms with E-state index >= 15 is 0 Å². The number of aliphatic imine (C=N–C) groups is 1. The van der Waals surface area contributed by atoms with E-state index in [2.05, 4.69) is 20.2 Å². The van der Waals surface area contributed by atoms with Gasteiger partial charge in [-0.25, -0.2) is 4.79 Å². The van der Waals surface area contributed by atoms with Crippen LogP contribution in [0.25, 0.3) is 22.2 Å². The van der Waals surface area contributed by atoms with E-state index in [0.29, 0.717) is 18.3 Å². The lowest BCUT2D eigenvalue weighted by molar-refractivity contribution is -0.115. The van der Waals surface area contributed by atoms with E-state index in [1.807, 2.05) is 49.4 Å². The molecule has 0 spiro atoms. The molecule has 188 valence electrons. The first kappa shape index (κ1) is 23.9. The molecule has 36 heavy (non-hydrogen) atoms. The van der Waals surface area contributed by atoms with Gasteiger partial charge in [0, 0.05) is 36.1 Å². The van der Waals surface area contributed by atoms with Gasteiger partial charge < -0.3 is 25.7 Å². The molecule has 8 heteroatoms. The van der Waals surface area contributed by atoms with Crippen molar-refractivity contribution in [1.82, 2.24) is 9.88 Å². The van der Waals surface area contributed by atoms with Gasteiger partial charge in [-0.15, -0.1) is 0 Å². The fourth-order valence-corrected chi connectivity index (χ4v) is 4.96. The number of benzene rings is 2. The van der Waals surface area contributed by atoms with Crippen LogP contribution in [0, 0.1) is 0 Å². The summed E-state index contributed by atoms with van der Waals surface area (Å²) in [4.78, 5) is 28.3. The third kappa shape index (κ3) is 4.67. The lowest BCUT2D eigenvalue weighted by Gasteiger charge is -2.30. The summed E-state index contributed by atoms with van der Waals surface area (Å²) in [5, 5.41) is 6.86. The first-order chi connectivity index (χ1) is 17.4. The molecule has 4 N–H and O–H groups in total. The number of urea groups is 1. The van der Waals surface area contributed by atoms with E-state index in [4.69, 9.17) is 10.5 Å². The number of carbonyl (C=O) groups excluding carboxylic acids is 2. The highest BCUT2D eigenvalue weighted by atomic mass is 16.5. The lowest BCUT2D eigenvalue weighted by Crippen LogP contribution is -2.41. The molecule has 2 aromatic carbocycles. The maximum atomic E-state index is 12.3. The van der Waals surface area contributed by atoms with Crippen molar-refractivity contribution in [1.29, 1.82) is 0 Å². The molecule has 2 aliphatic carbocycles. The molecule has 1 aromatic heterocycles. The topological polar surface area (TPSA) is 111 Å². The van der Waals surface area contributed by atoms with Gasteiger partial charge in [0.05, 0.1) is 23.4 Å². The van der Waals surface area contributed by atoms with Gasteiger partial charge in [0.15, 0.2) is 0 Å². The van der Waals surface area contributed by atoms with Crippen LogP contribution >= 0.6 is 0 Å². The van der Waals surface area contributed by atoms with E-state index in [9.17, 15) is 9.59 Å². The maximum absolute atomic E-state index is 12.3. The van der Waals surface area contributed by atoms with Gasteiger partial charge in [-0.2, -0.15) is 4.99 Å². The number of nitrogens with one attached hydrogen (secondary N) is 2. The second-order valence-corrected chi connectivity index (χ2v) is 9.61. The van der Waals surface area contributed by atoms with Gasteiger partial charge in [-0.3, -0.25) is 4.79 Å². The van der Waals surface area contributed by atoms with Crippen molar-refractivity contribution < 1.29 is 14.3 Å². The van der Waals surface area contributed by atoms with Crippen LogP contribution in [-0.4, -0.2) is 35.0 Å². The predicted octanol–water partition coefficient (Wildman–Crippen LogP) is 5.36. The Kier molecular flexibility index (Phi) is 6.67. The first-order valence-electron chi connectivity index (χ1n) is 12.8. The third-order valence-electron chi connectivity index (χ3n) is 7.12. The number of carbonyl (C=O) groups is 2. The van der Waals surface area contributed by atoms with E-state index in [1.54, 1.807) is 0 Å². The summed E-state index contributed by atoms with van der Waals surface area (Å²) in [6.45, 7) is 3.94. The molecule has 2 fully saturated rings. The molecule has 8 nitrogen and oxygen atoms in total. The molecule has 0 bridgehead atoms. The predicted molar refractivity (Wildman–Crippen MR) is 143 cm³/mol. The molecular formula is C28H33N5O3. The van der Waals surface area contributed by atoms with Crippen molar-refractivity contribution in [3.05, 3.63) is 48.0 Å². The molecule has 0 radical (unpaired) electrons. The van der Waals surface area contributed by atoms with E-state index in [1.165, 1.54) is 19.8 Å². The van der Waals surface area contributed by atoms with Crippen molar-refractivity contribution in [2.24, 2.45) is 10.7 Å². The Labute approximate surface area is 210 Å². The van der Waals surface area contributed by atoms with Gasteiger partial charge in [-0.1, -0.05) is 12.1 Å². The van der Waals surface area contributed by atoms with Crippen LogP contribution in [0.3, 0.4) is 0 Å². The van der Waals surface area contributed by atoms with Gasteiger partial charge >= 0.3 is 6.03 Å². The van der Waals surface area contributed by atoms with Gasteiger partial charge in [0.1, 0.15) is 11.6 Å². The quantitative estimate of drug-likeness (QED) is 0.308. The Morgan fingerprint density at radius 3 is 2.39 bits per heavy atom.